The van der Waals surface area contributed by atoms with E-state index in [0.717, 1.165) is 0 Å². The summed E-state index contributed by atoms with van der Waals surface area (Å²) in [6.45, 7) is 7.77. The minimum Gasteiger partial charge on any atom is -0.493 e. The van der Waals surface area contributed by atoms with E-state index in [-0.39, 0.29) is 23.0 Å². The number of carbonyl (C=O) groups is 2. The first-order chi connectivity index (χ1) is 14.1. The van der Waals surface area contributed by atoms with Crippen molar-refractivity contribution >= 4 is 21.8 Å². The molecule has 9 heteroatoms. The topological polar surface area (TPSA) is 94.9 Å². The molecule has 8 nitrogen and oxygen atoms in total. The molecule has 0 saturated heterocycles. The molecule has 0 saturated carbocycles. The van der Waals surface area contributed by atoms with Crippen molar-refractivity contribution in [3.8, 4) is 5.75 Å². The first-order valence-corrected chi connectivity index (χ1v) is 11.2. The van der Waals surface area contributed by atoms with Crippen molar-refractivity contribution in [1.29, 1.82) is 0 Å². The Morgan fingerprint density at radius 3 is 2.33 bits per heavy atom. The average molecular weight is 437 g/mol. The van der Waals surface area contributed by atoms with E-state index < -0.39 is 16.0 Å². The van der Waals surface area contributed by atoms with Gasteiger partial charge in [0.15, 0.2) is 5.78 Å². The minimum atomic E-state index is -3.69. The molecule has 30 heavy (non-hydrogen) atoms. The largest absolute Gasteiger partial charge is 0.493 e. The van der Waals surface area contributed by atoms with Crippen LogP contribution >= 0.6 is 0 Å². The monoisotopic (exact) mass is 436 g/mol. The maximum Gasteiger partial charge on any atom is 0.355 e. The second kappa shape index (κ2) is 9.90. The molecule has 0 bridgehead atoms. The first-order valence-electron chi connectivity index (χ1n) is 9.75. The summed E-state index contributed by atoms with van der Waals surface area (Å²) in [7, 11) is -2.10. The highest BCUT2D eigenvalue weighted by Crippen LogP contribution is 2.23. The van der Waals surface area contributed by atoms with Crippen LogP contribution in [-0.4, -0.2) is 48.7 Å². The Labute approximate surface area is 177 Å². The van der Waals surface area contributed by atoms with Crippen molar-refractivity contribution in [3.63, 3.8) is 0 Å². The molecule has 2 aromatic rings. The van der Waals surface area contributed by atoms with Gasteiger partial charge >= 0.3 is 5.97 Å². The fourth-order valence-corrected chi connectivity index (χ4v) is 4.55. The Morgan fingerprint density at radius 1 is 1.10 bits per heavy atom. The van der Waals surface area contributed by atoms with Crippen molar-refractivity contribution in [1.82, 2.24) is 8.87 Å². The fraction of sp³-hybridized carbons (Fsp3) is 0.429. The number of hydrogen-bond acceptors (Lipinski definition) is 6. The zero-order valence-corrected chi connectivity index (χ0v) is 18.8. The lowest BCUT2D eigenvalue weighted by Gasteiger charge is -2.17. The molecule has 0 aliphatic heterocycles. The van der Waals surface area contributed by atoms with Gasteiger partial charge in [0, 0.05) is 37.5 Å². The SMILES string of the molecule is CCOc1ccc(C(C)=O)cc1COC(=O)c1cc(S(=O)(=O)N(CC)CC)cn1C. The minimum absolute atomic E-state index is 0.0363. The van der Waals surface area contributed by atoms with Gasteiger partial charge in [-0.25, -0.2) is 13.2 Å². The van der Waals surface area contributed by atoms with Gasteiger partial charge in [-0.15, -0.1) is 0 Å². The number of esters is 1. The molecule has 0 fully saturated rings. The quantitative estimate of drug-likeness (QED) is 0.420. The molecule has 0 amide bonds. The molecule has 164 valence electrons. The summed E-state index contributed by atoms with van der Waals surface area (Å²) >= 11 is 0. The second-order valence-electron chi connectivity index (χ2n) is 6.65. The summed E-state index contributed by atoms with van der Waals surface area (Å²) in [4.78, 5) is 24.3. The molecule has 0 N–H and O–H groups in total. The maximum atomic E-state index is 12.7. The van der Waals surface area contributed by atoms with Crippen molar-refractivity contribution < 1.29 is 27.5 Å². The number of Topliss-reactive ketones (excluding diaryl/α,β-unsaturated/α-hetero) is 1. The summed E-state index contributed by atoms with van der Waals surface area (Å²) in [5, 5.41) is 0. The highest BCUT2D eigenvalue weighted by molar-refractivity contribution is 7.89. The predicted molar refractivity (Wildman–Crippen MR) is 112 cm³/mol. The number of aromatic nitrogens is 1. The van der Waals surface area contributed by atoms with Crippen LogP contribution in [0, 0.1) is 0 Å². The number of ketones is 1. The van der Waals surface area contributed by atoms with Gasteiger partial charge in [0.1, 0.15) is 22.9 Å². The smallest absolute Gasteiger partial charge is 0.355 e. The van der Waals surface area contributed by atoms with E-state index in [9.17, 15) is 18.0 Å². The van der Waals surface area contributed by atoms with Gasteiger partial charge in [-0.05, 0) is 38.1 Å². The van der Waals surface area contributed by atoms with Gasteiger partial charge in [-0.1, -0.05) is 13.8 Å². The number of carbonyl (C=O) groups excluding carboxylic acids is 2. The molecule has 0 aliphatic rings. The first kappa shape index (κ1) is 23.6. The van der Waals surface area contributed by atoms with E-state index in [1.165, 1.54) is 28.1 Å². The number of ether oxygens (including phenoxy) is 2. The molecule has 1 aromatic heterocycles. The Hall–Kier alpha value is -2.65. The summed E-state index contributed by atoms with van der Waals surface area (Å²) in [6.07, 6.45) is 1.40. The van der Waals surface area contributed by atoms with E-state index in [1.54, 1.807) is 39.1 Å². The molecule has 0 unspecified atom stereocenters. The number of aryl methyl sites for hydroxylation is 1. The third-order valence-electron chi connectivity index (χ3n) is 4.66. The number of rotatable bonds is 10. The lowest BCUT2D eigenvalue weighted by Crippen LogP contribution is -2.30. The summed E-state index contributed by atoms with van der Waals surface area (Å²) in [5.74, 6) is -0.263. The molecular weight excluding hydrogens is 408 g/mol. The van der Waals surface area contributed by atoms with Crippen LogP contribution in [0.3, 0.4) is 0 Å². The maximum absolute atomic E-state index is 12.7. The van der Waals surface area contributed by atoms with Crippen molar-refractivity contribution in [2.75, 3.05) is 19.7 Å². The lowest BCUT2D eigenvalue weighted by molar-refractivity contribution is 0.0458. The Kier molecular flexibility index (Phi) is 7.80. The van der Waals surface area contributed by atoms with Crippen LogP contribution in [-0.2, 0) is 28.4 Å². The van der Waals surface area contributed by atoms with E-state index in [0.29, 0.717) is 36.6 Å². The fourth-order valence-electron chi connectivity index (χ4n) is 3.02. The average Bonchev–Trinajstić information content (AvgIpc) is 3.10. The van der Waals surface area contributed by atoms with Gasteiger partial charge in [0.2, 0.25) is 10.0 Å². The molecule has 0 radical (unpaired) electrons. The second-order valence-corrected chi connectivity index (χ2v) is 8.59. The van der Waals surface area contributed by atoms with Crippen LogP contribution in [0.15, 0.2) is 35.4 Å². The number of hydrogen-bond donors (Lipinski definition) is 0. The molecule has 1 aromatic carbocycles. The summed E-state index contributed by atoms with van der Waals surface area (Å²) in [5.41, 5.74) is 1.15. The lowest BCUT2D eigenvalue weighted by atomic mass is 10.1. The Balaban J connectivity index is 2.25. The normalized spacial score (nSPS) is 11.5. The van der Waals surface area contributed by atoms with Crippen molar-refractivity contribution in [2.45, 2.75) is 39.2 Å². The van der Waals surface area contributed by atoms with Crippen molar-refractivity contribution in [3.05, 3.63) is 47.3 Å². The van der Waals surface area contributed by atoms with Gasteiger partial charge < -0.3 is 14.0 Å². The van der Waals surface area contributed by atoms with Crippen LogP contribution < -0.4 is 4.74 Å². The molecular formula is C21H28N2O6S. The summed E-state index contributed by atoms with van der Waals surface area (Å²) < 4.78 is 39.1. The molecule has 1 heterocycles. The standard InChI is InChI=1S/C21H28N2O6S/c1-6-23(7-2)30(26,27)18-12-19(22(5)13-18)21(25)29-14-17-11-16(15(4)24)9-10-20(17)28-8-3/h9-13H,6-8,14H2,1-5H3. The van der Waals surface area contributed by atoms with Crippen LogP contribution in [0.1, 0.15) is 54.1 Å². The molecule has 0 spiro atoms. The highest BCUT2D eigenvalue weighted by atomic mass is 32.2. The zero-order chi connectivity index (χ0) is 22.5. The van der Waals surface area contributed by atoms with E-state index in [4.69, 9.17) is 9.47 Å². The Morgan fingerprint density at radius 2 is 1.77 bits per heavy atom. The number of benzene rings is 1. The number of nitrogens with zero attached hydrogens (tertiary/aromatic N) is 2. The predicted octanol–water partition coefficient (Wildman–Crippen LogP) is 3.01. The Bertz CT molecular complexity index is 1020. The third-order valence-corrected chi connectivity index (χ3v) is 6.67. The van der Waals surface area contributed by atoms with E-state index in [2.05, 4.69) is 0 Å². The van der Waals surface area contributed by atoms with Crippen LogP contribution in [0.2, 0.25) is 0 Å². The highest BCUT2D eigenvalue weighted by Gasteiger charge is 2.26. The van der Waals surface area contributed by atoms with Crippen LogP contribution in [0.5, 0.6) is 5.75 Å². The van der Waals surface area contributed by atoms with Gasteiger partial charge in [0.25, 0.3) is 0 Å². The van der Waals surface area contributed by atoms with Crippen LogP contribution in [0.4, 0.5) is 0 Å². The van der Waals surface area contributed by atoms with E-state index in [1.807, 2.05) is 6.92 Å². The number of sulfonamides is 1. The summed E-state index contributed by atoms with van der Waals surface area (Å²) in [6, 6.07) is 6.26. The van der Waals surface area contributed by atoms with E-state index >= 15 is 0 Å². The van der Waals surface area contributed by atoms with Gasteiger partial charge in [-0.2, -0.15) is 4.31 Å². The third kappa shape index (κ3) is 5.09. The van der Waals surface area contributed by atoms with Crippen LogP contribution in [0.25, 0.3) is 0 Å². The van der Waals surface area contributed by atoms with Gasteiger partial charge in [-0.3, -0.25) is 4.79 Å². The van der Waals surface area contributed by atoms with Crippen molar-refractivity contribution in [2.24, 2.45) is 7.05 Å². The molecule has 0 aliphatic carbocycles. The molecule has 2 rings (SSSR count). The van der Waals surface area contributed by atoms with Gasteiger partial charge in [0.05, 0.1) is 6.61 Å². The molecule has 0 atom stereocenters. The zero-order valence-electron chi connectivity index (χ0n) is 18.0.